The third kappa shape index (κ3) is 6.33. The van der Waals surface area contributed by atoms with Gasteiger partial charge < -0.3 is 10.4 Å². The molecule has 0 spiro atoms. The Morgan fingerprint density at radius 1 is 1.17 bits per heavy atom. The molecule has 1 atom stereocenters. The zero-order valence-electron chi connectivity index (χ0n) is 19.9. The lowest BCUT2D eigenvalue weighted by atomic mass is 9.87. The van der Waals surface area contributed by atoms with Gasteiger partial charge in [-0.05, 0) is 47.7 Å². The van der Waals surface area contributed by atoms with E-state index in [1.165, 1.54) is 12.1 Å². The molecule has 8 nitrogen and oxygen atoms in total. The van der Waals surface area contributed by atoms with E-state index in [9.17, 15) is 23.1 Å². The first-order valence-electron chi connectivity index (χ1n) is 11.8. The number of hydrogen-bond acceptors (Lipinski definition) is 5. The van der Waals surface area contributed by atoms with E-state index in [0.717, 1.165) is 37.5 Å². The number of halogens is 1. The summed E-state index contributed by atoms with van der Waals surface area (Å²) in [5.74, 6) is -0.944. The summed E-state index contributed by atoms with van der Waals surface area (Å²) in [6, 6.07) is 13.0. The molecule has 10 heteroatoms. The summed E-state index contributed by atoms with van der Waals surface area (Å²) in [4.78, 5) is 24.7. The van der Waals surface area contributed by atoms with Gasteiger partial charge in [-0.25, -0.2) is 13.2 Å². The molecule has 2 aromatic carbocycles. The molecule has 1 amide bonds. The lowest BCUT2D eigenvalue weighted by molar-refractivity contribution is -0.118. The first kappa shape index (κ1) is 25.9. The summed E-state index contributed by atoms with van der Waals surface area (Å²) in [7, 11) is -3.48. The molecular formula is C26H28ClN3O5S. The van der Waals surface area contributed by atoms with Crippen LogP contribution in [0.25, 0.3) is 0 Å². The second kappa shape index (κ2) is 10.8. The van der Waals surface area contributed by atoms with Crippen molar-refractivity contribution in [3.8, 4) is 0 Å². The topological polar surface area (TPSA) is 118 Å². The van der Waals surface area contributed by atoms with Gasteiger partial charge in [-0.15, -0.1) is 0 Å². The number of anilines is 1. The van der Waals surface area contributed by atoms with Crippen molar-refractivity contribution in [2.24, 2.45) is 5.92 Å². The van der Waals surface area contributed by atoms with E-state index in [2.05, 4.69) is 10.4 Å². The lowest BCUT2D eigenvalue weighted by Gasteiger charge is -2.21. The Morgan fingerprint density at radius 3 is 2.58 bits per heavy atom. The third-order valence-electron chi connectivity index (χ3n) is 6.53. The second-order valence-corrected chi connectivity index (χ2v) is 11.7. The minimum Gasteiger partial charge on any atom is -0.478 e. The number of rotatable bonds is 9. The van der Waals surface area contributed by atoms with Crippen LogP contribution in [0.3, 0.4) is 0 Å². The van der Waals surface area contributed by atoms with E-state index >= 15 is 0 Å². The van der Waals surface area contributed by atoms with Crippen LogP contribution in [0.5, 0.6) is 0 Å². The Hall–Kier alpha value is -3.17. The molecule has 1 saturated carbocycles. The van der Waals surface area contributed by atoms with Gasteiger partial charge >= 0.3 is 5.97 Å². The molecule has 36 heavy (non-hydrogen) atoms. The van der Waals surface area contributed by atoms with Crippen LogP contribution in [-0.2, 0) is 21.2 Å². The highest BCUT2D eigenvalue weighted by molar-refractivity contribution is 7.90. The lowest BCUT2D eigenvalue weighted by Crippen LogP contribution is -2.23. The fraction of sp³-hybridized carbons (Fsp3) is 0.346. The van der Waals surface area contributed by atoms with Gasteiger partial charge in [-0.2, -0.15) is 5.10 Å². The molecule has 0 aliphatic heterocycles. The smallest absolute Gasteiger partial charge is 0.335 e. The standard InChI is InChI=1S/C26H28ClN3O5S/c1-36(34,35)23-10-9-19(15-22(23)27)21(14-17-5-2-3-6-17)25(31)28-24-11-12-30(29-24)16-18-7-4-8-20(13-18)26(32)33/h4,7-13,15,17,21H,2-3,5-6,14,16H2,1H3,(H,32,33)(H,28,29,31). The number of aromatic nitrogens is 2. The fourth-order valence-corrected chi connectivity index (χ4v) is 6.07. The van der Waals surface area contributed by atoms with Gasteiger partial charge in [0, 0.05) is 18.5 Å². The van der Waals surface area contributed by atoms with Crippen LogP contribution in [-0.4, -0.2) is 41.4 Å². The summed E-state index contributed by atoms with van der Waals surface area (Å²) in [6.45, 7) is 0.352. The van der Waals surface area contributed by atoms with Crippen LogP contribution in [0.15, 0.2) is 59.6 Å². The molecule has 1 aliphatic rings. The van der Waals surface area contributed by atoms with Crippen LogP contribution < -0.4 is 5.32 Å². The van der Waals surface area contributed by atoms with Crippen LogP contribution in [0.4, 0.5) is 5.82 Å². The van der Waals surface area contributed by atoms with E-state index in [4.69, 9.17) is 11.6 Å². The predicted molar refractivity (Wildman–Crippen MR) is 137 cm³/mol. The number of carbonyl (C=O) groups is 2. The Bertz CT molecular complexity index is 1380. The van der Waals surface area contributed by atoms with Crippen molar-refractivity contribution in [2.45, 2.75) is 49.5 Å². The molecule has 3 aromatic rings. The second-order valence-electron chi connectivity index (χ2n) is 9.29. The van der Waals surface area contributed by atoms with E-state index in [1.54, 1.807) is 41.2 Å². The van der Waals surface area contributed by atoms with Crippen LogP contribution in [0.2, 0.25) is 5.02 Å². The first-order valence-corrected chi connectivity index (χ1v) is 14.0. The Kier molecular flexibility index (Phi) is 7.80. The Labute approximate surface area is 215 Å². The van der Waals surface area contributed by atoms with Crippen LogP contribution >= 0.6 is 11.6 Å². The molecule has 0 bridgehead atoms. The van der Waals surface area contributed by atoms with Gasteiger partial charge in [-0.1, -0.05) is 55.5 Å². The average Bonchev–Trinajstić information content (AvgIpc) is 3.48. The fourth-order valence-electron chi connectivity index (χ4n) is 4.73. The molecule has 1 heterocycles. The molecule has 1 aliphatic carbocycles. The highest BCUT2D eigenvalue weighted by Gasteiger charge is 2.28. The first-order chi connectivity index (χ1) is 17.1. The van der Waals surface area contributed by atoms with Crippen molar-refractivity contribution < 1.29 is 23.1 Å². The minimum absolute atomic E-state index is 0.0404. The van der Waals surface area contributed by atoms with Gasteiger partial charge in [0.2, 0.25) is 5.91 Å². The predicted octanol–water partition coefficient (Wildman–Crippen LogP) is 4.99. The molecule has 190 valence electrons. The number of nitrogens with one attached hydrogen (secondary N) is 1. The molecule has 0 radical (unpaired) electrons. The highest BCUT2D eigenvalue weighted by Crippen LogP contribution is 2.36. The zero-order chi connectivity index (χ0) is 25.9. The number of amides is 1. The van der Waals surface area contributed by atoms with Gasteiger partial charge in [0.05, 0.1) is 27.9 Å². The van der Waals surface area contributed by atoms with E-state index in [0.29, 0.717) is 30.3 Å². The number of carboxylic acids is 1. The monoisotopic (exact) mass is 529 g/mol. The quantitative estimate of drug-likeness (QED) is 0.403. The molecular weight excluding hydrogens is 502 g/mol. The molecule has 4 rings (SSSR count). The van der Waals surface area contributed by atoms with Crippen LogP contribution in [0, 0.1) is 5.92 Å². The van der Waals surface area contributed by atoms with Gasteiger partial charge in [0.1, 0.15) is 0 Å². The molecule has 2 N–H and O–H groups in total. The molecule has 1 unspecified atom stereocenters. The number of sulfone groups is 1. The Morgan fingerprint density at radius 2 is 1.92 bits per heavy atom. The summed E-state index contributed by atoms with van der Waals surface area (Å²) < 4.78 is 25.6. The summed E-state index contributed by atoms with van der Waals surface area (Å²) >= 11 is 6.29. The van der Waals surface area contributed by atoms with Crippen molar-refractivity contribution in [3.63, 3.8) is 0 Å². The summed E-state index contributed by atoms with van der Waals surface area (Å²) in [5.41, 5.74) is 1.64. The van der Waals surface area contributed by atoms with E-state index in [1.807, 2.05) is 6.07 Å². The zero-order valence-corrected chi connectivity index (χ0v) is 21.4. The Balaban J connectivity index is 1.52. The SMILES string of the molecule is CS(=O)(=O)c1ccc(C(CC2CCCC2)C(=O)Nc2ccn(Cc3cccc(C(=O)O)c3)n2)cc1Cl. The van der Waals surface area contributed by atoms with Crippen molar-refractivity contribution in [1.82, 2.24) is 9.78 Å². The van der Waals surface area contributed by atoms with E-state index < -0.39 is 21.7 Å². The molecule has 1 fully saturated rings. The van der Waals surface area contributed by atoms with Gasteiger partial charge in [0.15, 0.2) is 15.7 Å². The van der Waals surface area contributed by atoms with Crippen molar-refractivity contribution in [1.29, 1.82) is 0 Å². The van der Waals surface area contributed by atoms with Crippen molar-refractivity contribution in [2.75, 3.05) is 11.6 Å². The maximum Gasteiger partial charge on any atom is 0.335 e. The number of benzene rings is 2. The number of carbonyl (C=O) groups excluding carboxylic acids is 1. The van der Waals surface area contributed by atoms with Crippen molar-refractivity contribution >= 4 is 39.1 Å². The highest BCUT2D eigenvalue weighted by atomic mass is 35.5. The molecule has 0 saturated heterocycles. The number of carboxylic acid groups (broad SMARTS) is 1. The summed E-state index contributed by atoms with van der Waals surface area (Å²) in [5, 5.41) is 16.6. The third-order valence-corrected chi connectivity index (χ3v) is 8.11. The number of nitrogens with zero attached hydrogens (tertiary/aromatic N) is 2. The summed E-state index contributed by atoms with van der Waals surface area (Å²) in [6.07, 6.45) is 7.85. The normalized spacial score (nSPS) is 15.1. The van der Waals surface area contributed by atoms with Gasteiger partial charge in [0.25, 0.3) is 0 Å². The minimum atomic E-state index is -3.48. The van der Waals surface area contributed by atoms with Crippen LogP contribution in [0.1, 0.15) is 59.5 Å². The van der Waals surface area contributed by atoms with E-state index in [-0.39, 0.29) is 21.4 Å². The van der Waals surface area contributed by atoms with Gasteiger partial charge in [-0.3, -0.25) is 9.48 Å². The van der Waals surface area contributed by atoms with Crippen molar-refractivity contribution in [3.05, 3.63) is 76.4 Å². The largest absolute Gasteiger partial charge is 0.478 e. The number of aromatic carboxylic acids is 1. The average molecular weight is 530 g/mol. The number of hydrogen-bond donors (Lipinski definition) is 2. The maximum absolute atomic E-state index is 13.4. The molecule has 1 aromatic heterocycles. The maximum atomic E-state index is 13.4.